The van der Waals surface area contributed by atoms with Gasteiger partial charge in [0.2, 0.25) is 0 Å². The second-order valence-electron chi connectivity index (χ2n) is 8.43. The Balaban J connectivity index is 1.75. The van der Waals surface area contributed by atoms with Crippen molar-refractivity contribution < 1.29 is 19.5 Å². The first-order chi connectivity index (χ1) is 13.2. The molecular formula is C20H28N4O4. The smallest absolute Gasteiger partial charge is 0.412 e. The number of carbonyl (C=O) groups is 2. The van der Waals surface area contributed by atoms with Gasteiger partial charge in [-0.2, -0.15) is 0 Å². The molecule has 1 aromatic rings. The maximum atomic E-state index is 12.7. The van der Waals surface area contributed by atoms with E-state index in [-0.39, 0.29) is 23.5 Å². The molecule has 3 heterocycles. The summed E-state index contributed by atoms with van der Waals surface area (Å²) in [6.07, 6.45) is 0.547. The molecule has 28 heavy (non-hydrogen) atoms. The van der Waals surface area contributed by atoms with E-state index in [0.717, 1.165) is 24.2 Å². The third-order valence-corrected chi connectivity index (χ3v) is 6.77. The summed E-state index contributed by atoms with van der Waals surface area (Å²) in [7, 11) is 5.65. The number of likely N-dealkylation sites (tertiary alicyclic amines) is 1. The summed E-state index contributed by atoms with van der Waals surface area (Å²) in [6.45, 7) is 5.10. The Morgan fingerprint density at radius 2 is 2.07 bits per heavy atom. The minimum absolute atomic E-state index is 0.0649. The number of fused-ring (bicyclic) bond motifs is 3. The quantitative estimate of drug-likeness (QED) is 0.855. The number of carbonyl (C=O) groups excluding carboxylic acids is 1. The number of anilines is 2. The first-order valence-corrected chi connectivity index (χ1v) is 9.67. The lowest BCUT2D eigenvalue weighted by atomic mass is 9.81. The highest BCUT2D eigenvalue weighted by molar-refractivity contribution is 5.98. The zero-order chi connectivity index (χ0) is 20.4. The van der Waals surface area contributed by atoms with Crippen LogP contribution in [0.4, 0.5) is 16.2 Å². The predicted molar refractivity (Wildman–Crippen MR) is 105 cm³/mol. The van der Waals surface area contributed by atoms with Crippen molar-refractivity contribution >= 4 is 23.4 Å². The van der Waals surface area contributed by atoms with E-state index in [1.54, 1.807) is 6.07 Å². The van der Waals surface area contributed by atoms with Gasteiger partial charge in [-0.1, -0.05) is 6.92 Å². The van der Waals surface area contributed by atoms with E-state index in [1.807, 2.05) is 19.1 Å². The zero-order valence-corrected chi connectivity index (χ0v) is 17.0. The molecule has 2 amide bonds. The number of amides is 2. The highest BCUT2D eigenvalue weighted by Crippen LogP contribution is 2.52. The molecule has 4 rings (SSSR count). The normalized spacial score (nSPS) is 32.0. The first-order valence-electron chi connectivity index (χ1n) is 9.67. The van der Waals surface area contributed by atoms with Gasteiger partial charge in [-0.25, -0.2) is 9.86 Å². The minimum atomic E-state index is -1.12. The van der Waals surface area contributed by atoms with Crippen LogP contribution in [0, 0.1) is 0 Å². The lowest BCUT2D eigenvalue weighted by Gasteiger charge is -2.32. The van der Waals surface area contributed by atoms with Gasteiger partial charge in [0, 0.05) is 36.8 Å². The van der Waals surface area contributed by atoms with Crippen LogP contribution >= 0.6 is 0 Å². The molecule has 0 spiro atoms. The van der Waals surface area contributed by atoms with Gasteiger partial charge in [-0.15, -0.1) is 0 Å². The lowest BCUT2D eigenvalue weighted by molar-refractivity contribution is -0.176. The van der Waals surface area contributed by atoms with Crippen LogP contribution in [0.2, 0.25) is 0 Å². The Bertz CT molecular complexity index is 830. The molecule has 2 fully saturated rings. The molecule has 0 aliphatic carbocycles. The van der Waals surface area contributed by atoms with E-state index in [1.165, 1.54) is 17.1 Å². The molecule has 0 radical (unpaired) electrons. The van der Waals surface area contributed by atoms with Crippen LogP contribution in [0.1, 0.15) is 32.3 Å². The average molecular weight is 388 g/mol. The highest BCUT2D eigenvalue weighted by Gasteiger charge is 2.52. The topological polar surface area (TPSA) is 76.6 Å². The summed E-state index contributed by atoms with van der Waals surface area (Å²) >= 11 is 0. The van der Waals surface area contributed by atoms with Crippen LogP contribution in [-0.2, 0) is 15.0 Å². The van der Waals surface area contributed by atoms with Crippen LogP contribution in [0.5, 0.6) is 0 Å². The highest BCUT2D eigenvalue weighted by atomic mass is 16.7. The Labute approximate surface area is 165 Å². The van der Waals surface area contributed by atoms with Gasteiger partial charge >= 0.3 is 6.09 Å². The maximum absolute atomic E-state index is 12.7. The molecule has 3 aliphatic heterocycles. The number of benzene rings is 1. The van der Waals surface area contributed by atoms with Gasteiger partial charge in [-0.3, -0.25) is 19.4 Å². The molecule has 4 atom stereocenters. The van der Waals surface area contributed by atoms with Crippen molar-refractivity contribution in [3.05, 3.63) is 23.8 Å². The summed E-state index contributed by atoms with van der Waals surface area (Å²) in [6, 6.07) is 4.80. The van der Waals surface area contributed by atoms with Crippen molar-refractivity contribution in [1.82, 2.24) is 9.96 Å². The monoisotopic (exact) mass is 388 g/mol. The summed E-state index contributed by atoms with van der Waals surface area (Å²) in [4.78, 5) is 35.8. The summed E-state index contributed by atoms with van der Waals surface area (Å²) in [5, 5.41) is 11.2. The Kier molecular flexibility index (Phi) is 4.31. The van der Waals surface area contributed by atoms with Crippen LogP contribution in [-0.4, -0.2) is 73.1 Å². The fraction of sp³-hybridized carbons (Fsp3) is 0.600. The van der Waals surface area contributed by atoms with E-state index >= 15 is 0 Å². The zero-order valence-electron chi connectivity index (χ0n) is 17.0. The van der Waals surface area contributed by atoms with Crippen molar-refractivity contribution in [1.29, 1.82) is 0 Å². The van der Waals surface area contributed by atoms with Gasteiger partial charge in [0.15, 0.2) is 0 Å². The van der Waals surface area contributed by atoms with Gasteiger partial charge < -0.3 is 10.0 Å². The van der Waals surface area contributed by atoms with Crippen molar-refractivity contribution in [2.24, 2.45) is 0 Å². The van der Waals surface area contributed by atoms with Crippen LogP contribution in [0.25, 0.3) is 0 Å². The van der Waals surface area contributed by atoms with E-state index < -0.39 is 12.1 Å². The largest absolute Gasteiger partial charge is 0.465 e. The molecule has 1 N–H and O–H groups in total. The first kappa shape index (κ1) is 19.0. The molecule has 0 bridgehead atoms. The number of hydrogen-bond acceptors (Lipinski definition) is 5. The molecule has 2 saturated heterocycles. The van der Waals surface area contributed by atoms with E-state index in [9.17, 15) is 14.7 Å². The number of carboxylic acid groups (broad SMARTS) is 1. The number of nitrogens with zero attached hydrogens (tertiary/aromatic N) is 4. The number of likely N-dealkylation sites (N-methyl/N-ethyl adjacent to an activating group) is 2. The lowest BCUT2D eigenvalue weighted by Crippen LogP contribution is -2.45. The molecule has 0 saturated carbocycles. The summed E-state index contributed by atoms with van der Waals surface area (Å²) in [5.41, 5.74) is 2.75. The third kappa shape index (κ3) is 2.44. The number of hydroxylamine groups is 2. The summed E-state index contributed by atoms with van der Waals surface area (Å²) < 4.78 is 0. The standard InChI is InChI=1S/C20H28N4O4/c1-12-10-16(17(25)24(12)28-5)23(19(26)27)13-6-7-15-14(11-13)20(2)8-9-21(3)18(20)22(15)4/h6-7,11-12,16,18H,8-10H2,1-5H3,(H,26,27)/t12?,16?,18-,20+/m1/s1. The molecule has 1 aromatic carbocycles. The van der Waals surface area contributed by atoms with Gasteiger partial charge in [0.25, 0.3) is 5.91 Å². The Morgan fingerprint density at radius 1 is 1.36 bits per heavy atom. The van der Waals surface area contributed by atoms with Crippen LogP contribution in [0.3, 0.4) is 0 Å². The average Bonchev–Trinajstić information content (AvgIpc) is 3.18. The SMILES string of the molecule is CON1C(=O)C(N(C(=O)O)c2ccc3c(c2)[C@]2(C)CCN(C)[C@@H]2N3C)CC1C. The van der Waals surface area contributed by atoms with Crippen molar-refractivity contribution in [2.75, 3.05) is 37.5 Å². The fourth-order valence-corrected chi connectivity index (χ4v) is 5.51. The predicted octanol–water partition coefficient (Wildman–Crippen LogP) is 2.09. The third-order valence-electron chi connectivity index (χ3n) is 6.77. The van der Waals surface area contributed by atoms with E-state index in [2.05, 4.69) is 30.8 Å². The molecule has 2 unspecified atom stereocenters. The van der Waals surface area contributed by atoms with Crippen LogP contribution in [0.15, 0.2) is 18.2 Å². The second kappa shape index (κ2) is 6.35. The number of hydrogen-bond donors (Lipinski definition) is 1. The minimum Gasteiger partial charge on any atom is -0.465 e. The van der Waals surface area contributed by atoms with Crippen LogP contribution < -0.4 is 9.80 Å². The Hall–Kier alpha value is -2.32. The molecule has 0 aromatic heterocycles. The summed E-state index contributed by atoms with van der Waals surface area (Å²) in [5.74, 6) is -0.320. The number of rotatable bonds is 3. The van der Waals surface area contributed by atoms with Crippen molar-refractivity contribution in [2.45, 2.75) is 50.4 Å². The molecule has 8 heteroatoms. The fourth-order valence-electron chi connectivity index (χ4n) is 5.51. The molecule has 152 valence electrons. The van der Waals surface area contributed by atoms with E-state index in [0.29, 0.717) is 12.1 Å². The van der Waals surface area contributed by atoms with Crippen molar-refractivity contribution in [3.63, 3.8) is 0 Å². The molecular weight excluding hydrogens is 360 g/mol. The van der Waals surface area contributed by atoms with Gasteiger partial charge in [0.1, 0.15) is 6.04 Å². The molecule has 8 nitrogen and oxygen atoms in total. The van der Waals surface area contributed by atoms with E-state index in [4.69, 9.17) is 4.84 Å². The Morgan fingerprint density at radius 3 is 2.68 bits per heavy atom. The van der Waals surface area contributed by atoms with Gasteiger partial charge in [0.05, 0.1) is 19.3 Å². The molecule has 3 aliphatic rings. The van der Waals surface area contributed by atoms with Gasteiger partial charge in [-0.05, 0) is 44.2 Å². The maximum Gasteiger partial charge on any atom is 0.412 e. The van der Waals surface area contributed by atoms with Crippen molar-refractivity contribution in [3.8, 4) is 0 Å². The second-order valence-corrected chi connectivity index (χ2v) is 8.43.